The quantitative estimate of drug-likeness (QED) is 0.642. The Labute approximate surface area is 117 Å². The number of halogens is 1. The number of hydrogen-bond donors (Lipinski definition) is 1. The van der Waals surface area contributed by atoms with Gasteiger partial charge in [-0.25, -0.2) is 0 Å². The molecule has 0 spiro atoms. The fourth-order valence-electron chi connectivity index (χ4n) is 1.66. The number of hydrogen-bond acceptors (Lipinski definition) is 2. The Balaban J connectivity index is 2.11. The summed E-state index contributed by atoms with van der Waals surface area (Å²) < 4.78 is 0. The molecule has 3 heteroatoms. The Morgan fingerprint density at radius 2 is 1.83 bits per heavy atom. The van der Waals surface area contributed by atoms with E-state index in [0.29, 0.717) is 0 Å². The molecule has 2 aromatic rings. The van der Waals surface area contributed by atoms with Gasteiger partial charge in [0.15, 0.2) is 0 Å². The van der Waals surface area contributed by atoms with Crippen molar-refractivity contribution in [3.8, 4) is 0 Å². The highest BCUT2D eigenvalue weighted by Crippen LogP contribution is 2.28. The monoisotopic (exact) mass is 277 g/mol. The highest BCUT2D eigenvalue weighted by atomic mass is 35.5. The van der Waals surface area contributed by atoms with Crippen molar-refractivity contribution < 1.29 is 0 Å². The van der Waals surface area contributed by atoms with Crippen LogP contribution in [0.25, 0.3) is 0 Å². The van der Waals surface area contributed by atoms with Crippen LogP contribution in [0, 0.1) is 13.8 Å². The van der Waals surface area contributed by atoms with E-state index in [4.69, 9.17) is 17.3 Å². The Bertz CT molecular complexity index is 566. The predicted molar refractivity (Wildman–Crippen MR) is 81.3 cm³/mol. The van der Waals surface area contributed by atoms with Crippen molar-refractivity contribution in [3.63, 3.8) is 0 Å². The summed E-state index contributed by atoms with van der Waals surface area (Å²) >= 11 is 7.76. The van der Waals surface area contributed by atoms with Crippen molar-refractivity contribution in [2.45, 2.75) is 24.5 Å². The number of anilines is 1. The highest BCUT2D eigenvalue weighted by Gasteiger charge is 2.03. The van der Waals surface area contributed by atoms with Gasteiger partial charge in [-0.3, -0.25) is 0 Å². The Morgan fingerprint density at radius 1 is 1.06 bits per heavy atom. The first kappa shape index (κ1) is 13.3. The van der Waals surface area contributed by atoms with E-state index in [2.05, 4.69) is 32.0 Å². The Morgan fingerprint density at radius 3 is 2.56 bits per heavy atom. The van der Waals surface area contributed by atoms with Crippen molar-refractivity contribution in [1.29, 1.82) is 0 Å². The molecule has 0 radical (unpaired) electrons. The number of thioether (sulfide) groups is 1. The molecule has 0 aliphatic rings. The minimum Gasteiger partial charge on any atom is -0.398 e. The third kappa shape index (κ3) is 3.21. The van der Waals surface area contributed by atoms with Gasteiger partial charge in [-0.1, -0.05) is 17.7 Å². The average Bonchev–Trinajstić information content (AvgIpc) is 2.34. The zero-order valence-electron chi connectivity index (χ0n) is 10.5. The molecule has 0 aliphatic heterocycles. The molecule has 0 bridgehead atoms. The molecule has 0 saturated carbocycles. The van der Waals surface area contributed by atoms with Crippen molar-refractivity contribution in [2.24, 2.45) is 0 Å². The van der Waals surface area contributed by atoms with Crippen LogP contribution < -0.4 is 5.73 Å². The van der Waals surface area contributed by atoms with Crippen molar-refractivity contribution in [3.05, 3.63) is 58.1 Å². The van der Waals surface area contributed by atoms with E-state index in [1.165, 1.54) is 16.0 Å². The standard InChI is InChI=1S/C15H16ClNS/c1-10-3-5-14(7-11(10)2)18-9-12-8-13(16)4-6-15(12)17/h3-8H,9,17H2,1-2H3. The number of aryl methyl sites for hydroxylation is 2. The fraction of sp³-hybridized carbons (Fsp3) is 0.200. The molecular formula is C15H16ClNS. The van der Waals surface area contributed by atoms with Crippen LogP contribution >= 0.6 is 23.4 Å². The molecule has 1 nitrogen and oxygen atoms in total. The van der Waals surface area contributed by atoms with Crippen molar-refractivity contribution in [2.75, 3.05) is 5.73 Å². The topological polar surface area (TPSA) is 26.0 Å². The second-order valence-electron chi connectivity index (χ2n) is 4.38. The summed E-state index contributed by atoms with van der Waals surface area (Å²) in [7, 11) is 0. The molecule has 0 aliphatic carbocycles. The van der Waals surface area contributed by atoms with E-state index in [1.807, 2.05) is 18.2 Å². The Hall–Kier alpha value is -1.12. The zero-order chi connectivity index (χ0) is 13.1. The molecule has 2 rings (SSSR count). The lowest BCUT2D eigenvalue weighted by molar-refractivity contribution is 1.27. The number of rotatable bonds is 3. The van der Waals surface area contributed by atoms with Gasteiger partial charge in [0.2, 0.25) is 0 Å². The van der Waals surface area contributed by atoms with Crippen LogP contribution in [0.5, 0.6) is 0 Å². The van der Waals surface area contributed by atoms with Crippen LogP contribution in [0.4, 0.5) is 5.69 Å². The number of benzene rings is 2. The molecule has 2 N–H and O–H groups in total. The van der Waals surface area contributed by atoms with Crippen LogP contribution in [0.15, 0.2) is 41.3 Å². The summed E-state index contributed by atoms with van der Waals surface area (Å²) in [6.07, 6.45) is 0. The van der Waals surface area contributed by atoms with Crippen molar-refractivity contribution >= 4 is 29.1 Å². The van der Waals surface area contributed by atoms with E-state index < -0.39 is 0 Å². The SMILES string of the molecule is Cc1ccc(SCc2cc(Cl)ccc2N)cc1C. The molecule has 0 saturated heterocycles. The molecule has 2 aromatic carbocycles. The van der Waals surface area contributed by atoms with E-state index in [0.717, 1.165) is 22.0 Å². The van der Waals surface area contributed by atoms with Crippen LogP contribution in [0.3, 0.4) is 0 Å². The summed E-state index contributed by atoms with van der Waals surface area (Å²) in [6, 6.07) is 12.1. The molecule has 0 heterocycles. The van der Waals surface area contributed by atoms with Gasteiger partial charge in [0.1, 0.15) is 0 Å². The molecule has 0 fully saturated rings. The van der Waals surface area contributed by atoms with Crippen LogP contribution in [0.2, 0.25) is 5.02 Å². The van der Waals surface area contributed by atoms with Gasteiger partial charge in [0, 0.05) is 21.4 Å². The second-order valence-corrected chi connectivity index (χ2v) is 5.86. The number of nitrogens with two attached hydrogens (primary N) is 1. The van der Waals surface area contributed by atoms with E-state index in [1.54, 1.807) is 11.8 Å². The predicted octanol–water partition coefficient (Wildman–Crippen LogP) is 4.83. The molecule has 0 amide bonds. The van der Waals surface area contributed by atoms with Gasteiger partial charge >= 0.3 is 0 Å². The molecule has 0 aromatic heterocycles. The third-order valence-electron chi connectivity index (χ3n) is 2.98. The highest BCUT2D eigenvalue weighted by molar-refractivity contribution is 7.98. The molecular weight excluding hydrogens is 262 g/mol. The van der Waals surface area contributed by atoms with E-state index in [9.17, 15) is 0 Å². The van der Waals surface area contributed by atoms with Gasteiger partial charge in [0.25, 0.3) is 0 Å². The van der Waals surface area contributed by atoms with Crippen LogP contribution in [-0.4, -0.2) is 0 Å². The first-order chi connectivity index (χ1) is 8.56. The summed E-state index contributed by atoms with van der Waals surface area (Å²) in [6.45, 7) is 4.26. The van der Waals surface area contributed by atoms with Crippen LogP contribution in [0.1, 0.15) is 16.7 Å². The minimum atomic E-state index is 0.736. The maximum absolute atomic E-state index is 5.98. The lowest BCUT2D eigenvalue weighted by atomic mass is 10.1. The average molecular weight is 278 g/mol. The van der Waals surface area contributed by atoms with Crippen molar-refractivity contribution in [1.82, 2.24) is 0 Å². The molecule has 18 heavy (non-hydrogen) atoms. The van der Waals surface area contributed by atoms with E-state index in [-0.39, 0.29) is 0 Å². The molecule has 0 unspecified atom stereocenters. The van der Waals surface area contributed by atoms with Gasteiger partial charge in [0.05, 0.1) is 0 Å². The maximum Gasteiger partial charge on any atom is 0.0410 e. The second kappa shape index (κ2) is 5.68. The summed E-state index contributed by atoms with van der Waals surface area (Å²) in [4.78, 5) is 1.26. The fourth-order valence-corrected chi connectivity index (χ4v) is 2.86. The lowest BCUT2D eigenvalue weighted by Gasteiger charge is -2.07. The first-order valence-electron chi connectivity index (χ1n) is 5.80. The first-order valence-corrected chi connectivity index (χ1v) is 7.16. The van der Waals surface area contributed by atoms with Gasteiger partial charge in [-0.15, -0.1) is 11.8 Å². The van der Waals surface area contributed by atoms with Gasteiger partial charge < -0.3 is 5.73 Å². The number of nitrogen functional groups attached to an aromatic ring is 1. The molecule has 0 atom stereocenters. The summed E-state index contributed by atoms with van der Waals surface area (Å²) in [5.74, 6) is 0.842. The van der Waals surface area contributed by atoms with Gasteiger partial charge in [-0.2, -0.15) is 0 Å². The Kier molecular flexibility index (Phi) is 4.20. The maximum atomic E-state index is 5.98. The summed E-state index contributed by atoms with van der Waals surface area (Å²) in [5.41, 5.74) is 10.5. The normalized spacial score (nSPS) is 10.6. The summed E-state index contributed by atoms with van der Waals surface area (Å²) in [5, 5.41) is 0.736. The van der Waals surface area contributed by atoms with Gasteiger partial charge in [-0.05, 0) is 60.9 Å². The smallest absolute Gasteiger partial charge is 0.0410 e. The largest absolute Gasteiger partial charge is 0.398 e. The third-order valence-corrected chi connectivity index (χ3v) is 4.26. The van der Waals surface area contributed by atoms with E-state index >= 15 is 0 Å². The van der Waals surface area contributed by atoms with Crippen LogP contribution in [-0.2, 0) is 5.75 Å². The molecule has 94 valence electrons. The lowest BCUT2D eigenvalue weighted by Crippen LogP contribution is -1.92. The minimum absolute atomic E-state index is 0.736. The zero-order valence-corrected chi connectivity index (χ0v) is 12.1.